The Kier molecular flexibility index (Phi) is 8.06. The second-order valence-corrected chi connectivity index (χ2v) is 7.81. The largest absolute Gasteiger partial charge is 0.465 e. The molecule has 1 saturated heterocycles. The number of ether oxygens (including phenoxy) is 2. The molecule has 0 aliphatic carbocycles. The zero-order valence-corrected chi connectivity index (χ0v) is 14.9. The van der Waals surface area contributed by atoms with E-state index in [0.717, 1.165) is 18.8 Å². The number of rotatable bonds is 9. The van der Waals surface area contributed by atoms with Gasteiger partial charge in [-0.2, -0.15) is 11.8 Å². The average Bonchev–Trinajstić information content (AvgIpc) is 2.88. The minimum atomic E-state index is -0.618. The van der Waals surface area contributed by atoms with Gasteiger partial charge in [-0.25, -0.2) is 0 Å². The highest BCUT2D eigenvalue weighted by Gasteiger charge is 2.36. The van der Waals surface area contributed by atoms with Crippen molar-refractivity contribution in [3.05, 3.63) is 0 Å². The summed E-state index contributed by atoms with van der Waals surface area (Å²) < 4.78 is 10.9. The molecule has 4 nitrogen and oxygen atoms in total. The molecule has 0 bridgehead atoms. The number of carbonyl (C=O) groups excluding carboxylic acids is 1. The maximum absolute atomic E-state index is 12.3. The lowest BCUT2D eigenvalue weighted by Crippen LogP contribution is -2.54. The third-order valence-corrected chi connectivity index (χ3v) is 4.92. The molecule has 1 fully saturated rings. The van der Waals surface area contributed by atoms with Crippen LogP contribution < -0.4 is 5.32 Å². The first-order valence-electron chi connectivity index (χ1n) is 8.05. The molecule has 1 N–H and O–H groups in total. The number of nitrogens with one attached hydrogen (secondary N) is 1. The fourth-order valence-corrected chi connectivity index (χ4v) is 4.07. The van der Waals surface area contributed by atoms with Crippen molar-refractivity contribution in [3.63, 3.8) is 0 Å². The van der Waals surface area contributed by atoms with Gasteiger partial charge >= 0.3 is 5.97 Å². The summed E-state index contributed by atoms with van der Waals surface area (Å²) in [6, 6.07) is 0.245. The first-order valence-corrected chi connectivity index (χ1v) is 9.10. The van der Waals surface area contributed by atoms with Crippen LogP contribution in [-0.2, 0) is 14.3 Å². The molecular weight excluding hydrogens is 286 g/mol. The van der Waals surface area contributed by atoms with Crippen LogP contribution in [0.3, 0.4) is 0 Å². The highest BCUT2D eigenvalue weighted by molar-refractivity contribution is 7.99. The third kappa shape index (κ3) is 6.57. The lowest BCUT2D eigenvalue weighted by Gasteiger charge is -2.33. The van der Waals surface area contributed by atoms with E-state index in [2.05, 4.69) is 26.1 Å². The zero-order chi connectivity index (χ0) is 15.9. The second kappa shape index (κ2) is 9.01. The van der Waals surface area contributed by atoms with Crippen molar-refractivity contribution in [1.29, 1.82) is 0 Å². The number of hydrogen-bond donors (Lipinski definition) is 1. The predicted octanol–water partition coefficient (Wildman–Crippen LogP) is 3.00. The first kappa shape index (κ1) is 18.8. The molecule has 5 heteroatoms. The van der Waals surface area contributed by atoms with Gasteiger partial charge in [0.25, 0.3) is 0 Å². The van der Waals surface area contributed by atoms with Crippen LogP contribution in [0.4, 0.5) is 0 Å². The molecule has 21 heavy (non-hydrogen) atoms. The van der Waals surface area contributed by atoms with Gasteiger partial charge < -0.3 is 9.47 Å². The van der Waals surface area contributed by atoms with Crippen LogP contribution in [0, 0.1) is 0 Å². The Bertz CT molecular complexity index is 319. The van der Waals surface area contributed by atoms with Gasteiger partial charge in [0.2, 0.25) is 0 Å². The topological polar surface area (TPSA) is 47.6 Å². The van der Waals surface area contributed by atoms with Crippen molar-refractivity contribution in [2.75, 3.05) is 19.0 Å². The lowest BCUT2D eigenvalue weighted by molar-refractivity contribution is -0.151. The Morgan fingerprint density at radius 1 is 1.48 bits per heavy atom. The predicted molar refractivity (Wildman–Crippen MR) is 88.8 cm³/mol. The summed E-state index contributed by atoms with van der Waals surface area (Å²) in [5, 5.41) is 3.76. The molecule has 3 atom stereocenters. The van der Waals surface area contributed by atoms with Crippen LogP contribution in [0.25, 0.3) is 0 Å². The van der Waals surface area contributed by atoms with Crippen LogP contribution in [0.2, 0.25) is 0 Å². The quantitative estimate of drug-likeness (QED) is 0.663. The minimum absolute atomic E-state index is 0.150. The van der Waals surface area contributed by atoms with Crippen molar-refractivity contribution < 1.29 is 14.3 Å². The molecule has 0 aromatic carbocycles. The molecule has 1 rings (SSSR count). The second-order valence-electron chi connectivity index (χ2n) is 6.33. The smallest absolute Gasteiger partial charge is 0.326 e. The number of thioether (sulfide) groups is 1. The monoisotopic (exact) mass is 317 g/mol. The number of hydrogen-bond acceptors (Lipinski definition) is 5. The fraction of sp³-hybridized carbons (Fsp3) is 0.938. The molecule has 0 amide bonds. The Balaban J connectivity index is 2.51. The Hall–Kier alpha value is -0.260. The maximum atomic E-state index is 12.3. The molecule has 0 saturated carbocycles. The molecule has 124 valence electrons. The van der Waals surface area contributed by atoms with Crippen molar-refractivity contribution in [2.45, 2.75) is 76.8 Å². The summed E-state index contributed by atoms with van der Waals surface area (Å²) in [6.07, 6.45) is 3.50. The third-order valence-electron chi connectivity index (χ3n) is 3.62. The molecule has 0 spiro atoms. The number of carbonyl (C=O) groups is 1. The van der Waals surface area contributed by atoms with Crippen molar-refractivity contribution >= 4 is 17.7 Å². The van der Waals surface area contributed by atoms with E-state index in [1.165, 1.54) is 12.8 Å². The van der Waals surface area contributed by atoms with Crippen LogP contribution in [0.15, 0.2) is 0 Å². The van der Waals surface area contributed by atoms with Gasteiger partial charge in [-0.1, -0.05) is 6.92 Å². The zero-order valence-electron chi connectivity index (χ0n) is 14.1. The molecule has 0 aromatic rings. The van der Waals surface area contributed by atoms with Crippen LogP contribution in [0.1, 0.15) is 53.9 Å². The van der Waals surface area contributed by atoms with Gasteiger partial charge in [-0.3, -0.25) is 10.1 Å². The summed E-state index contributed by atoms with van der Waals surface area (Å²) in [5.41, 5.74) is -0.618. The van der Waals surface area contributed by atoms with Crippen molar-refractivity contribution in [2.24, 2.45) is 0 Å². The van der Waals surface area contributed by atoms with Crippen LogP contribution >= 0.6 is 11.8 Å². The Morgan fingerprint density at radius 3 is 2.71 bits per heavy atom. The normalized spacial score (nSPS) is 23.0. The lowest BCUT2D eigenvalue weighted by atomic mass is 9.95. The Morgan fingerprint density at radius 2 is 2.19 bits per heavy atom. The van der Waals surface area contributed by atoms with Gasteiger partial charge in [-0.05, 0) is 47.0 Å². The first-order chi connectivity index (χ1) is 9.87. The minimum Gasteiger partial charge on any atom is -0.465 e. The highest BCUT2D eigenvalue weighted by atomic mass is 32.2. The molecule has 1 heterocycles. The number of esters is 1. The van der Waals surface area contributed by atoms with Gasteiger partial charge in [0, 0.05) is 23.7 Å². The summed E-state index contributed by atoms with van der Waals surface area (Å²) in [6.45, 7) is 11.4. The van der Waals surface area contributed by atoms with Crippen molar-refractivity contribution in [3.8, 4) is 0 Å². The molecular formula is C16H31NO3S. The standard InChI is InChI=1S/C16H31NO3S/c1-6-19-15(18)16(5,17-12(2)3)10-13(4)21-11-14-8-7-9-20-14/h12-14,17H,6-11H2,1-5H3. The summed E-state index contributed by atoms with van der Waals surface area (Å²) in [5.74, 6) is 0.866. The van der Waals surface area contributed by atoms with E-state index < -0.39 is 5.54 Å². The van der Waals surface area contributed by atoms with Crippen molar-refractivity contribution in [1.82, 2.24) is 5.32 Å². The van der Waals surface area contributed by atoms with E-state index in [1.807, 2.05) is 25.6 Å². The Labute approximate surface area is 133 Å². The summed E-state index contributed by atoms with van der Waals surface area (Å²) in [4.78, 5) is 12.3. The van der Waals surface area contributed by atoms with E-state index in [-0.39, 0.29) is 12.0 Å². The fourth-order valence-electron chi connectivity index (χ4n) is 2.81. The molecule has 3 unspecified atom stereocenters. The molecule has 1 aliphatic rings. The van der Waals surface area contributed by atoms with E-state index in [0.29, 0.717) is 18.0 Å². The summed E-state index contributed by atoms with van der Waals surface area (Å²) in [7, 11) is 0. The van der Waals surface area contributed by atoms with E-state index in [4.69, 9.17) is 9.47 Å². The van der Waals surface area contributed by atoms with Crippen LogP contribution in [-0.4, -0.2) is 47.9 Å². The highest BCUT2D eigenvalue weighted by Crippen LogP contribution is 2.26. The van der Waals surface area contributed by atoms with E-state index >= 15 is 0 Å². The SMILES string of the molecule is CCOC(=O)C(C)(CC(C)SCC1CCCO1)NC(C)C. The van der Waals surface area contributed by atoms with Gasteiger partial charge in [0.1, 0.15) is 5.54 Å². The van der Waals surface area contributed by atoms with Gasteiger partial charge in [0.05, 0.1) is 12.7 Å². The molecule has 0 aromatic heterocycles. The van der Waals surface area contributed by atoms with Gasteiger partial charge in [-0.15, -0.1) is 0 Å². The van der Waals surface area contributed by atoms with E-state index in [9.17, 15) is 4.79 Å². The van der Waals surface area contributed by atoms with E-state index in [1.54, 1.807) is 0 Å². The molecule has 0 radical (unpaired) electrons. The molecule has 1 aliphatic heterocycles. The maximum Gasteiger partial charge on any atom is 0.326 e. The average molecular weight is 317 g/mol. The van der Waals surface area contributed by atoms with Gasteiger partial charge in [0.15, 0.2) is 0 Å². The van der Waals surface area contributed by atoms with Crippen LogP contribution in [0.5, 0.6) is 0 Å². The summed E-state index contributed by atoms with van der Waals surface area (Å²) >= 11 is 1.89.